The van der Waals surface area contributed by atoms with Crippen LogP contribution in [0.25, 0.3) is 0 Å². The van der Waals surface area contributed by atoms with Crippen LogP contribution in [0.4, 0.5) is 0 Å². The van der Waals surface area contributed by atoms with Crippen LogP contribution in [0.15, 0.2) is 12.7 Å². The van der Waals surface area contributed by atoms with Crippen LogP contribution in [0.3, 0.4) is 0 Å². The summed E-state index contributed by atoms with van der Waals surface area (Å²) in [5, 5.41) is 14.3. The average Bonchev–Trinajstić information content (AvgIpc) is 3.11. The molecule has 1 saturated heterocycles. The van der Waals surface area contributed by atoms with E-state index in [9.17, 15) is 9.90 Å². The summed E-state index contributed by atoms with van der Waals surface area (Å²) in [7, 11) is 0. The maximum atomic E-state index is 12.4. The minimum atomic E-state index is -0.219. The van der Waals surface area contributed by atoms with Gasteiger partial charge in [0.15, 0.2) is 0 Å². The highest BCUT2D eigenvalue weighted by molar-refractivity contribution is 5.76. The highest BCUT2D eigenvalue weighted by Crippen LogP contribution is 2.45. The third-order valence-corrected chi connectivity index (χ3v) is 5.06. The van der Waals surface area contributed by atoms with Gasteiger partial charge in [0.25, 0.3) is 0 Å². The van der Waals surface area contributed by atoms with Gasteiger partial charge in [-0.15, -0.1) is 0 Å². The van der Waals surface area contributed by atoms with Crippen molar-refractivity contribution in [1.82, 2.24) is 19.7 Å². The first-order valence-corrected chi connectivity index (χ1v) is 7.98. The number of likely N-dealkylation sites (tertiary alicyclic amines) is 1. The monoisotopic (exact) mass is 292 g/mol. The molecule has 1 saturated carbocycles. The molecule has 2 heterocycles. The first-order valence-electron chi connectivity index (χ1n) is 7.98. The van der Waals surface area contributed by atoms with Crippen molar-refractivity contribution < 1.29 is 9.90 Å². The van der Waals surface area contributed by atoms with Crippen LogP contribution in [-0.2, 0) is 11.3 Å². The Balaban J connectivity index is 1.50. The van der Waals surface area contributed by atoms with Crippen LogP contribution in [0.5, 0.6) is 0 Å². The summed E-state index contributed by atoms with van der Waals surface area (Å²) < 4.78 is 1.76. The lowest BCUT2D eigenvalue weighted by molar-refractivity contribution is -0.136. The Kier molecular flexibility index (Phi) is 4.24. The van der Waals surface area contributed by atoms with Gasteiger partial charge in [-0.1, -0.05) is 6.42 Å². The average molecular weight is 292 g/mol. The number of hydrogen-bond donors (Lipinski definition) is 1. The summed E-state index contributed by atoms with van der Waals surface area (Å²) in [5.74, 6) is 0.216. The molecule has 116 valence electrons. The number of aromatic nitrogens is 3. The summed E-state index contributed by atoms with van der Waals surface area (Å²) in [4.78, 5) is 18.2. The first kappa shape index (κ1) is 14.5. The zero-order valence-electron chi connectivity index (χ0n) is 12.4. The van der Waals surface area contributed by atoms with Gasteiger partial charge in [0.2, 0.25) is 5.91 Å². The Morgan fingerprint density at radius 2 is 2.24 bits per heavy atom. The standard InChI is InChI=1S/C15H24N4O2/c20-13-4-1-6-15(13)7-3-8-18(10-15)14(21)5-2-9-19-12-16-11-17-19/h11-13,20H,1-10H2/t13-,15-/m1/s1. The number of piperidine rings is 1. The second-order valence-corrected chi connectivity index (χ2v) is 6.45. The number of aliphatic hydroxyl groups excluding tert-OH is 1. The smallest absolute Gasteiger partial charge is 0.222 e. The molecule has 2 fully saturated rings. The van der Waals surface area contributed by atoms with E-state index in [1.165, 1.54) is 6.33 Å². The number of nitrogens with zero attached hydrogens (tertiary/aromatic N) is 4. The highest BCUT2D eigenvalue weighted by atomic mass is 16.3. The molecule has 1 amide bonds. The Labute approximate surface area is 125 Å². The number of aryl methyl sites for hydroxylation is 1. The van der Waals surface area contributed by atoms with E-state index >= 15 is 0 Å². The molecule has 0 radical (unpaired) electrons. The van der Waals surface area contributed by atoms with Crippen LogP contribution in [-0.4, -0.2) is 49.9 Å². The minimum absolute atomic E-state index is 0.0141. The molecule has 1 aliphatic carbocycles. The fourth-order valence-corrected chi connectivity index (χ4v) is 3.87. The number of carbonyl (C=O) groups is 1. The van der Waals surface area contributed by atoms with Gasteiger partial charge in [0, 0.05) is 31.5 Å². The summed E-state index contributed by atoms with van der Waals surface area (Å²) in [5.41, 5.74) is -0.0141. The fraction of sp³-hybridized carbons (Fsp3) is 0.800. The van der Waals surface area contributed by atoms with Gasteiger partial charge in [-0.3, -0.25) is 9.48 Å². The summed E-state index contributed by atoms with van der Waals surface area (Å²) in [6, 6.07) is 0. The van der Waals surface area contributed by atoms with Crippen LogP contribution in [0, 0.1) is 5.41 Å². The Morgan fingerprint density at radius 1 is 1.38 bits per heavy atom. The molecule has 0 aromatic carbocycles. The molecule has 1 aliphatic heterocycles. The van der Waals surface area contributed by atoms with Crippen LogP contribution >= 0.6 is 0 Å². The summed E-state index contributed by atoms with van der Waals surface area (Å²) in [6.07, 6.45) is 9.44. The summed E-state index contributed by atoms with van der Waals surface area (Å²) >= 11 is 0. The third kappa shape index (κ3) is 3.10. The number of hydrogen-bond acceptors (Lipinski definition) is 4. The van der Waals surface area contributed by atoms with E-state index in [0.29, 0.717) is 6.42 Å². The molecule has 1 aromatic heterocycles. The highest BCUT2D eigenvalue weighted by Gasteiger charge is 2.45. The molecule has 2 aliphatic rings. The van der Waals surface area contributed by atoms with E-state index in [-0.39, 0.29) is 17.4 Å². The maximum Gasteiger partial charge on any atom is 0.222 e. The van der Waals surface area contributed by atoms with Crippen molar-refractivity contribution in [3.63, 3.8) is 0 Å². The molecule has 0 bridgehead atoms. The van der Waals surface area contributed by atoms with Crippen molar-refractivity contribution in [3.8, 4) is 0 Å². The van der Waals surface area contributed by atoms with Crippen molar-refractivity contribution in [2.45, 2.75) is 57.6 Å². The number of amides is 1. The van der Waals surface area contributed by atoms with Crippen LogP contribution in [0.1, 0.15) is 44.9 Å². The molecule has 1 N–H and O–H groups in total. The van der Waals surface area contributed by atoms with E-state index in [4.69, 9.17) is 0 Å². The maximum absolute atomic E-state index is 12.4. The van der Waals surface area contributed by atoms with Gasteiger partial charge >= 0.3 is 0 Å². The molecule has 1 spiro atoms. The Morgan fingerprint density at radius 3 is 2.95 bits per heavy atom. The lowest BCUT2D eigenvalue weighted by atomic mass is 9.76. The SMILES string of the molecule is O=C(CCCn1cncn1)N1CCC[C@]2(CCC[C@H]2O)C1. The van der Waals surface area contributed by atoms with Gasteiger partial charge in [0.1, 0.15) is 12.7 Å². The number of carbonyl (C=O) groups excluding carboxylic acids is 1. The number of rotatable bonds is 4. The minimum Gasteiger partial charge on any atom is -0.392 e. The fourth-order valence-electron chi connectivity index (χ4n) is 3.87. The predicted molar refractivity (Wildman–Crippen MR) is 77.4 cm³/mol. The molecule has 1 aromatic rings. The molecule has 3 rings (SSSR count). The van der Waals surface area contributed by atoms with Gasteiger partial charge < -0.3 is 10.0 Å². The molecular formula is C15H24N4O2. The van der Waals surface area contributed by atoms with Crippen molar-refractivity contribution in [3.05, 3.63) is 12.7 Å². The van der Waals surface area contributed by atoms with Gasteiger partial charge in [-0.25, -0.2) is 4.98 Å². The zero-order chi connectivity index (χ0) is 14.7. The molecule has 0 unspecified atom stereocenters. The lowest BCUT2D eigenvalue weighted by Gasteiger charge is -2.42. The molecule has 21 heavy (non-hydrogen) atoms. The Bertz CT molecular complexity index is 476. The quantitative estimate of drug-likeness (QED) is 0.905. The summed E-state index contributed by atoms with van der Waals surface area (Å²) in [6.45, 7) is 2.32. The van der Waals surface area contributed by atoms with E-state index in [0.717, 1.165) is 58.2 Å². The second kappa shape index (κ2) is 6.13. The van der Waals surface area contributed by atoms with Crippen molar-refractivity contribution in [2.24, 2.45) is 5.41 Å². The molecular weight excluding hydrogens is 268 g/mol. The van der Waals surface area contributed by atoms with E-state index < -0.39 is 0 Å². The third-order valence-electron chi connectivity index (χ3n) is 5.06. The van der Waals surface area contributed by atoms with E-state index in [1.54, 1.807) is 11.0 Å². The largest absolute Gasteiger partial charge is 0.392 e. The van der Waals surface area contributed by atoms with Gasteiger partial charge in [-0.2, -0.15) is 5.10 Å². The molecule has 2 atom stereocenters. The second-order valence-electron chi connectivity index (χ2n) is 6.45. The lowest BCUT2D eigenvalue weighted by Crippen LogP contribution is -2.49. The van der Waals surface area contributed by atoms with Gasteiger partial charge in [0.05, 0.1) is 6.10 Å². The van der Waals surface area contributed by atoms with Crippen LogP contribution in [0.2, 0.25) is 0 Å². The molecule has 6 heteroatoms. The van der Waals surface area contributed by atoms with Crippen molar-refractivity contribution in [2.75, 3.05) is 13.1 Å². The topological polar surface area (TPSA) is 71.2 Å². The van der Waals surface area contributed by atoms with Crippen molar-refractivity contribution in [1.29, 1.82) is 0 Å². The zero-order valence-corrected chi connectivity index (χ0v) is 12.4. The van der Waals surface area contributed by atoms with E-state index in [2.05, 4.69) is 10.1 Å². The predicted octanol–water partition coefficient (Wildman–Crippen LogP) is 1.21. The van der Waals surface area contributed by atoms with Crippen LogP contribution < -0.4 is 0 Å². The normalized spacial score (nSPS) is 29.2. The number of aliphatic hydroxyl groups is 1. The van der Waals surface area contributed by atoms with Crippen molar-refractivity contribution >= 4 is 5.91 Å². The van der Waals surface area contributed by atoms with E-state index in [1.807, 2.05) is 4.90 Å². The Hall–Kier alpha value is -1.43. The first-order chi connectivity index (χ1) is 10.2. The molecule has 6 nitrogen and oxygen atoms in total. The van der Waals surface area contributed by atoms with Gasteiger partial charge in [-0.05, 0) is 32.1 Å².